The van der Waals surface area contributed by atoms with Gasteiger partial charge in [-0.1, -0.05) is 0 Å². The van der Waals surface area contributed by atoms with Crippen LogP contribution in [-0.4, -0.2) is 57.0 Å². The summed E-state index contributed by atoms with van der Waals surface area (Å²) in [6.45, 7) is 6.99. The highest BCUT2D eigenvalue weighted by Gasteiger charge is 2.22. The Morgan fingerprint density at radius 2 is 2.00 bits per heavy atom. The molecule has 1 atom stereocenters. The van der Waals surface area contributed by atoms with Crippen molar-refractivity contribution >= 4 is 0 Å². The van der Waals surface area contributed by atoms with Crippen LogP contribution in [0.5, 0.6) is 0 Å². The monoisotopic (exact) mass is 244 g/mol. The Labute approximate surface area is 105 Å². The quantitative estimate of drug-likeness (QED) is 0.653. The van der Waals surface area contributed by atoms with Crippen molar-refractivity contribution < 1.29 is 9.47 Å². The van der Waals surface area contributed by atoms with E-state index in [2.05, 4.69) is 11.8 Å². The number of piperidine rings is 1. The lowest BCUT2D eigenvalue weighted by Crippen LogP contribution is -2.42. The van der Waals surface area contributed by atoms with Crippen LogP contribution in [0.2, 0.25) is 0 Å². The van der Waals surface area contributed by atoms with Crippen molar-refractivity contribution in [1.82, 2.24) is 4.90 Å². The molecule has 1 rings (SSSR count). The van der Waals surface area contributed by atoms with Gasteiger partial charge >= 0.3 is 0 Å². The molecule has 1 fully saturated rings. The highest BCUT2D eigenvalue weighted by atomic mass is 16.5. The molecule has 1 unspecified atom stereocenters. The Morgan fingerprint density at radius 3 is 2.59 bits per heavy atom. The zero-order chi connectivity index (χ0) is 12.5. The van der Waals surface area contributed by atoms with Crippen LogP contribution in [0.25, 0.3) is 0 Å². The normalized spacial score (nSPS) is 20.6. The molecule has 0 aliphatic carbocycles. The van der Waals surface area contributed by atoms with E-state index in [0.29, 0.717) is 12.1 Å². The lowest BCUT2D eigenvalue weighted by Gasteiger charge is -2.35. The van der Waals surface area contributed by atoms with Crippen LogP contribution >= 0.6 is 0 Å². The zero-order valence-corrected chi connectivity index (χ0v) is 11.4. The van der Waals surface area contributed by atoms with Crippen LogP contribution in [0, 0.1) is 0 Å². The van der Waals surface area contributed by atoms with Gasteiger partial charge in [-0.05, 0) is 39.2 Å². The third-order valence-electron chi connectivity index (χ3n) is 3.54. The summed E-state index contributed by atoms with van der Waals surface area (Å²) in [6, 6.07) is 0.625. The van der Waals surface area contributed by atoms with Crippen molar-refractivity contribution in [2.75, 3.05) is 40.0 Å². The maximum Gasteiger partial charge on any atom is 0.0599 e. The van der Waals surface area contributed by atoms with E-state index in [-0.39, 0.29) is 0 Å². The fourth-order valence-electron chi connectivity index (χ4n) is 2.29. The van der Waals surface area contributed by atoms with Crippen molar-refractivity contribution in [1.29, 1.82) is 0 Å². The molecule has 0 aromatic carbocycles. The van der Waals surface area contributed by atoms with Gasteiger partial charge in [0.2, 0.25) is 0 Å². The van der Waals surface area contributed by atoms with E-state index < -0.39 is 0 Å². The Balaban J connectivity index is 2.12. The van der Waals surface area contributed by atoms with E-state index in [1.54, 1.807) is 7.11 Å². The van der Waals surface area contributed by atoms with Crippen LogP contribution < -0.4 is 5.73 Å². The van der Waals surface area contributed by atoms with Gasteiger partial charge < -0.3 is 20.1 Å². The van der Waals surface area contributed by atoms with Gasteiger partial charge in [-0.25, -0.2) is 0 Å². The Kier molecular flexibility index (Phi) is 7.77. The largest absolute Gasteiger partial charge is 0.385 e. The summed E-state index contributed by atoms with van der Waals surface area (Å²) in [6.07, 6.45) is 4.86. The van der Waals surface area contributed by atoms with E-state index in [1.807, 2.05) is 0 Å². The van der Waals surface area contributed by atoms with Gasteiger partial charge in [0.15, 0.2) is 0 Å². The number of methoxy groups -OCH3 is 1. The minimum atomic E-state index is 0.451. The second-order valence-corrected chi connectivity index (χ2v) is 4.88. The number of nitrogens with zero attached hydrogens (tertiary/aromatic N) is 1. The molecule has 0 aromatic heterocycles. The smallest absolute Gasteiger partial charge is 0.0599 e. The molecule has 0 aromatic rings. The van der Waals surface area contributed by atoms with Gasteiger partial charge in [0, 0.05) is 39.5 Å². The summed E-state index contributed by atoms with van der Waals surface area (Å²) in [5.41, 5.74) is 5.45. The topological polar surface area (TPSA) is 47.7 Å². The van der Waals surface area contributed by atoms with Gasteiger partial charge in [-0.15, -0.1) is 0 Å². The average molecular weight is 244 g/mol. The van der Waals surface area contributed by atoms with E-state index in [0.717, 1.165) is 58.5 Å². The fourth-order valence-corrected chi connectivity index (χ4v) is 2.29. The van der Waals surface area contributed by atoms with E-state index >= 15 is 0 Å². The number of nitrogens with two attached hydrogens (primary N) is 1. The van der Waals surface area contributed by atoms with Crippen molar-refractivity contribution in [3.63, 3.8) is 0 Å². The van der Waals surface area contributed by atoms with Crippen molar-refractivity contribution in [2.45, 2.75) is 44.8 Å². The first-order chi connectivity index (χ1) is 8.27. The maximum absolute atomic E-state index is 5.80. The fraction of sp³-hybridized carbons (Fsp3) is 1.00. The Bertz CT molecular complexity index is 182. The zero-order valence-electron chi connectivity index (χ0n) is 11.4. The van der Waals surface area contributed by atoms with Gasteiger partial charge in [0.05, 0.1) is 6.10 Å². The molecular weight excluding hydrogens is 216 g/mol. The standard InChI is InChI=1S/C13H28N2O2/c1-12(6-11-16-2)15-8-4-13(5-9-15)17-10-3-7-14/h12-13H,3-11,14H2,1-2H3. The molecule has 0 bridgehead atoms. The number of hydrogen-bond acceptors (Lipinski definition) is 4. The summed E-state index contributed by atoms with van der Waals surface area (Å²) in [4.78, 5) is 2.54. The summed E-state index contributed by atoms with van der Waals surface area (Å²) in [5, 5.41) is 0. The molecule has 1 saturated heterocycles. The molecule has 17 heavy (non-hydrogen) atoms. The average Bonchev–Trinajstić information content (AvgIpc) is 2.37. The molecule has 102 valence electrons. The molecule has 0 radical (unpaired) electrons. The molecule has 2 N–H and O–H groups in total. The molecule has 1 aliphatic heterocycles. The number of rotatable bonds is 8. The van der Waals surface area contributed by atoms with Crippen LogP contribution in [0.1, 0.15) is 32.6 Å². The first-order valence-corrected chi connectivity index (χ1v) is 6.82. The molecule has 0 saturated carbocycles. The first kappa shape index (κ1) is 14.9. The third-order valence-corrected chi connectivity index (χ3v) is 3.54. The number of hydrogen-bond donors (Lipinski definition) is 1. The van der Waals surface area contributed by atoms with Gasteiger partial charge in [-0.3, -0.25) is 0 Å². The van der Waals surface area contributed by atoms with Crippen molar-refractivity contribution in [2.24, 2.45) is 5.73 Å². The molecule has 0 spiro atoms. The highest BCUT2D eigenvalue weighted by Crippen LogP contribution is 2.17. The molecule has 4 heteroatoms. The maximum atomic E-state index is 5.80. The lowest BCUT2D eigenvalue weighted by atomic mass is 10.0. The van der Waals surface area contributed by atoms with Crippen molar-refractivity contribution in [3.05, 3.63) is 0 Å². The van der Waals surface area contributed by atoms with Crippen LogP contribution in [0.3, 0.4) is 0 Å². The highest BCUT2D eigenvalue weighted by molar-refractivity contribution is 4.76. The second kappa shape index (κ2) is 8.86. The molecule has 4 nitrogen and oxygen atoms in total. The molecular formula is C13H28N2O2. The summed E-state index contributed by atoms with van der Waals surface area (Å²) >= 11 is 0. The first-order valence-electron chi connectivity index (χ1n) is 6.82. The molecule has 1 aliphatic rings. The predicted octanol–water partition coefficient (Wildman–Crippen LogP) is 1.24. The Hall–Kier alpha value is -0.160. The van der Waals surface area contributed by atoms with Gasteiger partial charge in [0.25, 0.3) is 0 Å². The summed E-state index contributed by atoms with van der Waals surface area (Å²) in [5.74, 6) is 0. The van der Waals surface area contributed by atoms with E-state index in [1.165, 1.54) is 0 Å². The van der Waals surface area contributed by atoms with Crippen molar-refractivity contribution in [3.8, 4) is 0 Å². The third kappa shape index (κ3) is 5.82. The summed E-state index contributed by atoms with van der Waals surface area (Å²) < 4.78 is 10.9. The SMILES string of the molecule is COCCC(C)N1CCC(OCCCN)CC1. The summed E-state index contributed by atoms with van der Waals surface area (Å²) in [7, 11) is 1.77. The van der Waals surface area contributed by atoms with E-state index in [4.69, 9.17) is 15.2 Å². The van der Waals surface area contributed by atoms with Gasteiger partial charge in [-0.2, -0.15) is 0 Å². The molecule has 1 heterocycles. The minimum Gasteiger partial charge on any atom is -0.385 e. The van der Waals surface area contributed by atoms with Crippen LogP contribution in [0.4, 0.5) is 0 Å². The molecule has 0 amide bonds. The predicted molar refractivity (Wildman–Crippen MR) is 70.2 cm³/mol. The van der Waals surface area contributed by atoms with Gasteiger partial charge in [0.1, 0.15) is 0 Å². The van der Waals surface area contributed by atoms with Crippen LogP contribution in [0.15, 0.2) is 0 Å². The lowest BCUT2D eigenvalue weighted by molar-refractivity contribution is -0.00329. The Morgan fingerprint density at radius 1 is 1.29 bits per heavy atom. The minimum absolute atomic E-state index is 0.451. The van der Waals surface area contributed by atoms with Crippen LogP contribution in [-0.2, 0) is 9.47 Å². The second-order valence-electron chi connectivity index (χ2n) is 4.88. The number of likely N-dealkylation sites (tertiary alicyclic amines) is 1. The number of ether oxygens (including phenoxy) is 2. The van der Waals surface area contributed by atoms with E-state index in [9.17, 15) is 0 Å².